The molecule has 0 bridgehead atoms. The summed E-state index contributed by atoms with van der Waals surface area (Å²) in [4.78, 5) is 4.74. The molecule has 0 fully saturated rings. The number of anilines is 6. The smallest absolute Gasteiger partial charge is 0.0540 e. The lowest BCUT2D eigenvalue weighted by atomic mass is 9.92. The Hall–Kier alpha value is -13.4. The van der Waals surface area contributed by atoms with Gasteiger partial charge in [-0.05, 0) is 199 Å². The van der Waals surface area contributed by atoms with Crippen LogP contribution in [0.5, 0.6) is 0 Å². The Morgan fingerprint density at radius 1 is 0.183 bits per heavy atom. The molecule has 0 atom stereocenters. The van der Waals surface area contributed by atoms with Gasteiger partial charge in [-0.15, -0.1) is 0 Å². The van der Waals surface area contributed by atoms with Crippen molar-refractivity contribution in [2.24, 2.45) is 0 Å². The molecule has 0 radical (unpaired) electrons. The SMILES string of the molecule is C(=C(c1ccccc1)c1ccccc1)c1ccc(N(c2ccccc2)c2ccc(C=C(c3ccccc3)c3ccccc3)c3ccccc23)cc1.Cc1ccc(C(=Cc2ccc(N(c3ccccc3)c3ccc(C=C(c4ccccc4)c4ccccc4)cc3)c3ccccc23)c2ccc(C)cc2)cc1. The van der Waals surface area contributed by atoms with Crippen LogP contribution in [-0.4, -0.2) is 0 Å². The predicted molar refractivity (Wildman–Crippen MR) is 446 cm³/mol. The fourth-order valence-electron chi connectivity index (χ4n) is 13.9. The molecule has 0 aliphatic heterocycles. The van der Waals surface area contributed by atoms with Crippen LogP contribution in [0.1, 0.15) is 77.9 Å². The quantitative estimate of drug-likeness (QED) is 0.0790. The fourth-order valence-corrected chi connectivity index (χ4v) is 13.9. The third-order valence-corrected chi connectivity index (χ3v) is 19.1. The second-order valence-electron chi connectivity index (χ2n) is 26.1. The van der Waals surface area contributed by atoms with Gasteiger partial charge in [0, 0.05) is 33.5 Å². The highest BCUT2D eigenvalue weighted by Gasteiger charge is 2.20. The minimum Gasteiger partial charge on any atom is -0.310 e. The van der Waals surface area contributed by atoms with Crippen LogP contribution < -0.4 is 9.80 Å². The average Bonchev–Trinajstić information content (AvgIpc) is 0.770. The molecule has 0 aromatic heterocycles. The van der Waals surface area contributed by atoms with Crippen molar-refractivity contribution >= 4 is 102 Å². The van der Waals surface area contributed by atoms with Crippen LogP contribution in [0.2, 0.25) is 0 Å². The average molecular weight is 1330 g/mol. The summed E-state index contributed by atoms with van der Waals surface area (Å²) in [5.41, 5.74) is 28.2. The molecule has 16 aromatic rings. The lowest BCUT2D eigenvalue weighted by Gasteiger charge is -2.27. The third-order valence-electron chi connectivity index (χ3n) is 19.1. The number of benzene rings is 16. The van der Waals surface area contributed by atoms with Gasteiger partial charge in [-0.2, -0.15) is 0 Å². The Morgan fingerprint density at radius 3 is 0.683 bits per heavy atom. The van der Waals surface area contributed by atoms with Gasteiger partial charge in [-0.1, -0.05) is 363 Å². The number of rotatable bonds is 18. The van der Waals surface area contributed by atoms with E-state index in [1.54, 1.807) is 0 Å². The van der Waals surface area contributed by atoms with E-state index < -0.39 is 0 Å². The summed E-state index contributed by atoms with van der Waals surface area (Å²) >= 11 is 0. The predicted octanol–water partition coefficient (Wildman–Crippen LogP) is 27.6. The lowest BCUT2D eigenvalue weighted by Crippen LogP contribution is -2.10. The normalized spacial score (nSPS) is 10.8. The molecule has 0 unspecified atom stereocenters. The van der Waals surface area contributed by atoms with E-state index in [1.807, 2.05) is 0 Å². The molecule has 0 saturated heterocycles. The first-order chi connectivity index (χ1) is 51.4. The van der Waals surface area contributed by atoms with Crippen molar-refractivity contribution in [1.29, 1.82) is 0 Å². The van der Waals surface area contributed by atoms with Crippen LogP contribution in [-0.2, 0) is 0 Å². The van der Waals surface area contributed by atoms with Gasteiger partial charge >= 0.3 is 0 Å². The highest BCUT2D eigenvalue weighted by molar-refractivity contribution is 6.08. The third kappa shape index (κ3) is 15.3. The van der Waals surface area contributed by atoms with Crippen LogP contribution in [0.25, 0.3) is 68.1 Å². The highest BCUT2D eigenvalue weighted by atomic mass is 15.1. The second kappa shape index (κ2) is 31.9. The Kier molecular flexibility index (Phi) is 20.4. The van der Waals surface area contributed by atoms with E-state index in [2.05, 4.69) is 460 Å². The van der Waals surface area contributed by atoms with Crippen LogP contribution in [0.3, 0.4) is 0 Å². The van der Waals surface area contributed by atoms with Crippen molar-refractivity contribution in [3.05, 3.63) is 490 Å². The highest BCUT2D eigenvalue weighted by Crippen LogP contribution is 2.44. The molecule has 0 saturated carbocycles. The van der Waals surface area contributed by atoms with E-state index in [-0.39, 0.29) is 0 Å². The van der Waals surface area contributed by atoms with Gasteiger partial charge in [-0.25, -0.2) is 0 Å². The largest absolute Gasteiger partial charge is 0.310 e. The summed E-state index contributed by atoms with van der Waals surface area (Å²) in [6.07, 6.45) is 9.26. The van der Waals surface area contributed by atoms with Gasteiger partial charge in [0.05, 0.1) is 11.4 Å². The maximum Gasteiger partial charge on any atom is 0.0540 e. The van der Waals surface area contributed by atoms with Gasteiger partial charge in [0.1, 0.15) is 0 Å². The molecule has 496 valence electrons. The van der Waals surface area contributed by atoms with Crippen molar-refractivity contribution in [3.63, 3.8) is 0 Å². The Morgan fingerprint density at radius 2 is 0.404 bits per heavy atom. The van der Waals surface area contributed by atoms with Crippen molar-refractivity contribution < 1.29 is 0 Å². The zero-order valence-electron chi connectivity index (χ0n) is 58.5. The number of hydrogen-bond acceptors (Lipinski definition) is 2. The standard InChI is InChI=1S/C52H41N.C50H37N/c1-38-22-28-43(29-23-38)51(44-30-24-39(2)25-31-44)37-45-32-35-52(49-21-13-12-20-48(45)49)53(46-18-10-5-11-19-46)47-33-26-40(27-34-47)36-50(41-14-6-3-7-15-41)42-16-8-4-9-17-42;1-6-18-39(19-7-1)48(40-20-8-2-9-21-40)36-38-30-33-45(34-31-38)51(44-26-14-5-15-27-44)50-35-32-43(46-28-16-17-29-47(46)50)37-49(41-22-10-3-11-23-41)42-24-12-4-13-25-42/h3-37H,1-2H3;1-37H. The molecule has 104 heavy (non-hydrogen) atoms. The first-order valence-corrected chi connectivity index (χ1v) is 35.7. The number of aryl methyl sites for hydroxylation is 2. The maximum absolute atomic E-state index is 2.37. The van der Waals surface area contributed by atoms with E-state index in [4.69, 9.17) is 0 Å². The zero-order valence-corrected chi connectivity index (χ0v) is 58.5. The maximum atomic E-state index is 2.37. The Balaban J connectivity index is 0.000000167. The molecule has 0 heterocycles. The van der Waals surface area contributed by atoms with Crippen LogP contribution in [0.15, 0.2) is 413 Å². The molecule has 0 spiro atoms. The van der Waals surface area contributed by atoms with Gasteiger partial charge in [0.2, 0.25) is 0 Å². The number of nitrogens with zero attached hydrogens (tertiary/aromatic N) is 2. The molecular formula is C102H78N2. The summed E-state index contributed by atoms with van der Waals surface area (Å²) in [7, 11) is 0. The van der Waals surface area contributed by atoms with Crippen molar-refractivity contribution in [2.45, 2.75) is 13.8 Å². The van der Waals surface area contributed by atoms with Crippen LogP contribution in [0, 0.1) is 13.8 Å². The summed E-state index contributed by atoms with van der Waals surface area (Å²) in [6, 6.07) is 147. The fraction of sp³-hybridized carbons (Fsp3) is 0.0196. The van der Waals surface area contributed by atoms with E-state index in [1.165, 1.54) is 111 Å². The van der Waals surface area contributed by atoms with E-state index in [9.17, 15) is 0 Å². The second-order valence-corrected chi connectivity index (χ2v) is 26.1. The first-order valence-electron chi connectivity index (χ1n) is 35.7. The topological polar surface area (TPSA) is 6.48 Å². The molecule has 0 amide bonds. The number of hydrogen-bond donors (Lipinski definition) is 0. The van der Waals surface area contributed by atoms with Gasteiger partial charge in [0.25, 0.3) is 0 Å². The monoisotopic (exact) mass is 1330 g/mol. The van der Waals surface area contributed by atoms with Crippen LogP contribution >= 0.6 is 0 Å². The van der Waals surface area contributed by atoms with E-state index in [0.717, 1.165) is 45.3 Å². The minimum absolute atomic E-state index is 1.10. The van der Waals surface area contributed by atoms with Crippen molar-refractivity contribution in [3.8, 4) is 0 Å². The molecule has 2 nitrogen and oxygen atoms in total. The van der Waals surface area contributed by atoms with Crippen molar-refractivity contribution in [2.75, 3.05) is 9.80 Å². The minimum atomic E-state index is 1.10. The number of para-hydroxylation sites is 2. The molecule has 2 heteroatoms. The van der Waals surface area contributed by atoms with Crippen molar-refractivity contribution in [1.82, 2.24) is 0 Å². The molecule has 0 aliphatic carbocycles. The van der Waals surface area contributed by atoms with E-state index in [0.29, 0.717) is 0 Å². The molecule has 0 N–H and O–H groups in total. The van der Waals surface area contributed by atoms with Crippen LogP contribution in [0.4, 0.5) is 34.1 Å². The summed E-state index contributed by atoms with van der Waals surface area (Å²) in [5.74, 6) is 0. The Labute approximate surface area is 612 Å². The number of fused-ring (bicyclic) bond motifs is 2. The molecule has 0 aliphatic rings. The molecule has 16 rings (SSSR count). The van der Waals surface area contributed by atoms with Gasteiger partial charge in [0.15, 0.2) is 0 Å². The van der Waals surface area contributed by atoms with E-state index >= 15 is 0 Å². The summed E-state index contributed by atoms with van der Waals surface area (Å²) in [5, 5.41) is 4.79. The first kappa shape index (κ1) is 66.5. The molecular weight excluding hydrogens is 1250 g/mol. The Bertz CT molecular complexity index is 5470. The molecule has 16 aromatic carbocycles. The summed E-state index contributed by atoms with van der Waals surface area (Å²) in [6.45, 7) is 4.28. The van der Waals surface area contributed by atoms with Gasteiger partial charge < -0.3 is 9.80 Å². The summed E-state index contributed by atoms with van der Waals surface area (Å²) < 4.78 is 0. The zero-order chi connectivity index (χ0) is 70.2. The lowest BCUT2D eigenvalue weighted by molar-refractivity contribution is 1.29. The van der Waals surface area contributed by atoms with Gasteiger partial charge in [-0.3, -0.25) is 0 Å².